The quantitative estimate of drug-likeness (QED) is 0.418. The number of halogens is 1. The van der Waals surface area contributed by atoms with Crippen molar-refractivity contribution in [3.63, 3.8) is 0 Å². The maximum absolute atomic E-state index is 11.7. The van der Waals surface area contributed by atoms with Crippen LogP contribution in [0.5, 0.6) is 11.5 Å². The summed E-state index contributed by atoms with van der Waals surface area (Å²) in [6, 6.07) is 9.31. The van der Waals surface area contributed by atoms with Gasteiger partial charge in [-0.2, -0.15) is 4.98 Å². The molecule has 0 bridgehead atoms. The van der Waals surface area contributed by atoms with Gasteiger partial charge < -0.3 is 30.7 Å². The van der Waals surface area contributed by atoms with Gasteiger partial charge in [-0.1, -0.05) is 11.6 Å². The van der Waals surface area contributed by atoms with Gasteiger partial charge in [0.2, 0.25) is 5.95 Å². The molecular weight excluding hydrogens is 458 g/mol. The lowest BCUT2D eigenvalue weighted by Gasteiger charge is -2.39. The second-order valence-corrected chi connectivity index (χ2v) is 8.56. The highest BCUT2D eigenvalue weighted by molar-refractivity contribution is 6.30. The molecule has 34 heavy (non-hydrogen) atoms. The molecule has 0 atom stereocenters. The fourth-order valence-electron chi connectivity index (χ4n) is 3.56. The maximum Gasteiger partial charge on any atom is 0.269 e. The molecule has 0 unspecified atom stereocenters. The van der Waals surface area contributed by atoms with Crippen LogP contribution in [0.1, 0.15) is 23.3 Å². The number of pyridine rings is 1. The molecule has 0 aliphatic heterocycles. The van der Waals surface area contributed by atoms with Gasteiger partial charge in [-0.15, -0.1) is 0 Å². The average Bonchev–Trinajstić information content (AvgIpc) is 2.76. The van der Waals surface area contributed by atoms with E-state index in [0.717, 1.165) is 18.5 Å². The number of ether oxygens (including phenoxy) is 2. The van der Waals surface area contributed by atoms with E-state index in [4.69, 9.17) is 26.8 Å². The SMILES string of the molecule is COc1cc(Nc2nccc(Nc3cc(Cl)cnc3C(N)=O)n2)ccc1OC1CC(N(C)C)C1. The van der Waals surface area contributed by atoms with E-state index in [2.05, 4.69) is 44.6 Å². The fraction of sp³-hybridized carbons (Fsp3) is 0.304. The van der Waals surface area contributed by atoms with E-state index in [1.807, 2.05) is 18.2 Å². The lowest BCUT2D eigenvalue weighted by molar-refractivity contribution is 0.0383. The van der Waals surface area contributed by atoms with E-state index in [-0.39, 0.29) is 11.8 Å². The number of benzene rings is 1. The van der Waals surface area contributed by atoms with Crippen LogP contribution in [0, 0.1) is 0 Å². The number of nitrogens with two attached hydrogens (primary N) is 1. The summed E-state index contributed by atoms with van der Waals surface area (Å²) in [7, 11) is 5.76. The van der Waals surface area contributed by atoms with Crippen LogP contribution >= 0.6 is 11.6 Å². The predicted octanol–water partition coefficient (Wildman–Crippen LogP) is 3.59. The Balaban J connectivity index is 1.46. The first-order valence-corrected chi connectivity index (χ1v) is 11.0. The van der Waals surface area contributed by atoms with Crippen molar-refractivity contribution in [3.05, 3.63) is 53.4 Å². The van der Waals surface area contributed by atoms with E-state index in [9.17, 15) is 4.79 Å². The van der Waals surface area contributed by atoms with Crippen molar-refractivity contribution in [2.75, 3.05) is 31.8 Å². The first kappa shape index (κ1) is 23.5. The van der Waals surface area contributed by atoms with Crippen molar-refractivity contribution in [1.82, 2.24) is 19.9 Å². The molecule has 4 N–H and O–H groups in total. The molecule has 2 aromatic heterocycles. The summed E-state index contributed by atoms with van der Waals surface area (Å²) in [6.45, 7) is 0. The van der Waals surface area contributed by atoms with Crippen LogP contribution in [0.4, 0.5) is 23.1 Å². The van der Waals surface area contributed by atoms with Crippen molar-refractivity contribution >= 4 is 40.6 Å². The number of hydrogen-bond acceptors (Lipinski definition) is 9. The molecule has 2 heterocycles. The molecule has 4 rings (SSSR count). The van der Waals surface area contributed by atoms with Crippen molar-refractivity contribution < 1.29 is 14.3 Å². The second-order valence-electron chi connectivity index (χ2n) is 8.12. The summed E-state index contributed by atoms with van der Waals surface area (Å²) in [4.78, 5) is 26.5. The minimum Gasteiger partial charge on any atom is -0.493 e. The number of amides is 1. The largest absolute Gasteiger partial charge is 0.493 e. The smallest absolute Gasteiger partial charge is 0.269 e. The summed E-state index contributed by atoms with van der Waals surface area (Å²) < 4.78 is 11.6. The number of nitrogens with zero attached hydrogens (tertiary/aromatic N) is 4. The Hall–Kier alpha value is -3.63. The summed E-state index contributed by atoms with van der Waals surface area (Å²) >= 11 is 6.01. The molecule has 10 nitrogen and oxygen atoms in total. The third-order valence-electron chi connectivity index (χ3n) is 5.52. The number of aromatic nitrogens is 3. The van der Waals surface area contributed by atoms with Crippen LogP contribution in [-0.2, 0) is 0 Å². The molecule has 0 saturated heterocycles. The van der Waals surface area contributed by atoms with Gasteiger partial charge in [-0.25, -0.2) is 9.97 Å². The number of rotatable bonds is 9. The Bertz CT molecular complexity index is 1180. The normalized spacial score (nSPS) is 17.1. The van der Waals surface area contributed by atoms with Crippen LogP contribution in [0.2, 0.25) is 5.02 Å². The highest BCUT2D eigenvalue weighted by Crippen LogP contribution is 2.36. The minimum atomic E-state index is -0.680. The number of carbonyl (C=O) groups excluding carboxylic acids is 1. The molecule has 178 valence electrons. The van der Waals surface area contributed by atoms with Crippen molar-refractivity contribution in [3.8, 4) is 11.5 Å². The summed E-state index contributed by atoms with van der Waals surface area (Å²) in [6.07, 6.45) is 5.09. The molecule has 1 aliphatic carbocycles. The number of anilines is 4. The van der Waals surface area contributed by atoms with Crippen LogP contribution in [-0.4, -0.2) is 59.1 Å². The van der Waals surface area contributed by atoms with E-state index in [1.165, 1.54) is 6.20 Å². The second kappa shape index (κ2) is 10.1. The lowest BCUT2D eigenvalue weighted by atomic mass is 9.88. The van der Waals surface area contributed by atoms with Crippen molar-refractivity contribution in [2.24, 2.45) is 5.73 Å². The summed E-state index contributed by atoms with van der Waals surface area (Å²) in [5, 5.41) is 6.51. The third kappa shape index (κ3) is 5.46. The Morgan fingerprint density at radius 2 is 1.94 bits per heavy atom. The zero-order chi connectivity index (χ0) is 24.2. The van der Waals surface area contributed by atoms with Crippen LogP contribution in [0.3, 0.4) is 0 Å². The highest BCUT2D eigenvalue weighted by Gasteiger charge is 2.32. The van der Waals surface area contributed by atoms with Crippen LogP contribution in [0.25, 0.3) is 0 Å². The summed E-state index contributed by atoms with van der Waals surface area (Å²) in [5.74, 6) is 1.39. The number of methoxy groups -OCH3 is 1. The van der Waals surface area contributed by atoms with Gasteiger partial charge in [0, 0.05) is 30.2 Å². The van der Waals surface area contributed by atoms with E-state index in [1.54, 1.807) is 25.4 Å². The number of primary amides is 1. The maximum atomic E-state index is 11.7. The molecule has 0 radical (unpaired) electrons. The number of carbonyl (C=O) groups is 1. The minimum absolute atomic E-state index is 0.0567. The topological polar surface area (TPSA) is 128 Å². The van der Waals surface area contributed by atoms with Crippen LogP contribution in [0.15, 0.2) is 42.7 Å². The highest BCUT2D eigenvalue weighted by atomic mass is 35.5. The molecule has 1 amide bonds. The van der Waals surface area contributed by atoms with Gasteiger partial charge >= 0.3 is 0 Å². The lowest BCUT2D eigenvalue weighted by Crippen LogP contribution is -2.46. The van der Waals surface area contributed by atoms with Crippen molar-refractivity contribution in [1.29, 1.82) is 0 Å². The van der Waals surface area contributed by atoms with Gasteiger partial charge in [0.15, 0.2) is 17.2 Å². The van der Waals surface area contributed by atoms with Gasteiger partial charge in [0.05, 0.1) is 17.8 Å². The predicted molar refractivity (Wildman–Crippen MR) is 130 cm³/mol. The molecule has 11 heteroatoms. The molecule has 1 aliphatic rings. The van der Waals surface area contributed by atoms with Gasteiger partial charge in [-0.3, -0.25) is 4.79 Å². The van der Waals surface area contributed by atoms with E-state index in [0.29, 0.717) is 40.0 Å². The monoisotopic (exact) mass is 483 g/mol. The van der Waals surface area contributed by atoms with Crippen LogP contribution < -0.4 is 25.8 Å². The standard InChI is InChI=1S/C23H26ClN7O3/c1-31(2)15-10-16(11-15)34-18-5-4-14(9-19(18)33-3)28-23-26-7-6-20(30-23)29-17-8-13(24)12-27-21(17)22(25)32/h4-9,12,15-16H,10-11H2,1-3H3,(H2,25,32)(H2,26,28,29,30). The average molecular weight is 484 g/mol. The molecular formula is C23H26ClN7O3. The van der Waals surface area contributed by atoms with Gasteiger partial charge in [0.25, 0.3) is 5.91 Å². The zero-order valence-electron chi connectivity index (χ0n) is 19.1. The van der Waals surface area contributed by atoms with Crippen molar-refractivity contribution in [2.45, 2.75) is 25.0 Å². The first-order valence-electron chi connectivity index (χ1n) is 10.7. The Labute approximate surface area is 202 Å². The van der Waals surface area contributed by atoms with E-state index >= 15 is 0 Å². The Morgan fingerprint density at radius 1 is 1.15 bits per heavy atom. The Morgan fingerprint density at radius 3 is 2.65 bits per heavy atom. The first-order chi connectivity index (χ1) is 16.3. The summed E-state index contributed by atoms with van der Waals surface area (Å²) in [5.41, 5.74) is 6.53. The third-order valence-corrected chi connectivity index (χ3v) is 5.73. The number of hydrogen-bond donors (Lipinski definition) is 3. The molecule has 3 aromatic rings. The van der Waals surface area contributed by atoms with E-state index < -0.39 is 5.91 Å². The molecule has 1 fully saturated rings. The number of nitrogens with one attached hydrogen (secondary N) is 2. The molecule has 1 aromatic carbocycles. The van der Waals surface area contributed by atoms with Gasteiger partial charge in [-0.05, 0) is 51.2 Å². The van der Waals surface area contributed by atoms with Gasteiger partial charge in [0.1, 0.15) is 11.9 Å². The fourth-order valence-corrected chi connectivity index (χ4v) is 3.72. The Kier molecular flexibility index (Phi) is 6.99. The molecule has 1 saturated carbocycles. The molecule has 0 spiro atoms. The zero-order valence-corrected chi connectivity index (χ0v) is 19.8.